The molecule has 4 heteroatoms. The third-order valence-electron chi connectivity index (χ3n) is 4.72. The number of carbonyl (C=O) groups is 2. The highest BCUT2D eigenvalue weighted by Gasteiger charge is 2.42. The van der Waals surface area contributed by atoms with Crippen LogP contribution in [-0.2, 0) is 9.59 Å². The fraction of sp³-hybridized carbons (Fsp3) is 0.867. The van der Waals surface area contributed by atoms with Gasteiger partial charge in [0.15, 0.2) is 0 Å². The average molecular weight is 264 g/mol. The molecular formula is C15H24N2O2. The molecule has 2 amide bonds. The minimum Gasteiger partial charge on any atom is -0.305 e. The Hall–Kier alpha value is -0.900. The second kappa shape index (κ2) is 5.61. The van der Waals surface area contributed by atoms with Crippen molar-refractivity contribution in [3.63, 3.8) is 0 Å². The third-order valence-corrected chi connectivity index (χ3v) is 4.72. The first kappa shape index (κ1) is 13.1. The van der Waals surface area contributed by atoms with E-state index in [2.05, 4.69) is 5.32 Å². The topological polar surface area (TPSA) is 49.4 Å². The summed E-state index contributed by atoms with van der Waals surface area (Å²) in [5.41, 5.74) is 0. The van der Waals surface area contributed by atoms with Gasteiger partial charge in [0.25, 0.3) is 0 Å². The monoisotopic (exact) mass is 264 g/mol. The van der Waals surface area contributed by atoms with Crippen molar-refractivity contribution < 1.29 is 9.59 Å². The number of hydrogen-bond donors (Lipinski definition) is 1. The van der Waals surface area contributed by atoms with Gasteiger partial charge in [0.05, 0.1) is 12.5 Å². The molecule has 1 N–H and O–H groups in total. The molecule has 0 radical (unpaired) electrons. The molecule has 1 aliphatic heterocycles. The van der Waals surface area contributed by atoms with E-state index in [1.54, 1.807) is 4.90 Å². The minimum absolute atomic E-state index is 0.0394. The van der Waals surface area contributed by atoms with Crippen molar-refractivity contribution in [2.45, 2.75) is 69.9 Å². The van der Waals surface area contributed by atoms with E-state index in [-0.39, 0.29) is 23.9 Å². The number of carbonyl (C=O) groups excluding carboxylic acids is 2. The first-order valence-electron chi connectivity index (χ1n) is 7.85. The van der Waals surface area contributed by atoms with Gasteiger partial charge in [-0.3, -0.25) is 14.5 Å². The van der Waals surface area contributed by atoms with Crippen molar-refractivity contribution >= 4 is 11.8 Å². The molecule has 2 aliphatic carbocycles. The Bertz CT molecular complexity index is 357. The summed E-state index contributed by atoms with van der Waals surface area (Å²) in [7, 11) is 0. The maximum atomic E-state index is 12.4. The van der Waals surface area contributed by atoms with E-state index in [0.717, 1.165) is 38.1 Å². The van der Waals surface area contributed by atoms with Crippen molar-refractivity contribution in [3.8, 4) is 0 Å². The molecule has 0 aromatic carbocycles. The van der Waals surface area contributed by atoms with Crippen molar-refractivity contribution in [2.75, 3.05) is 6.54 Å². The zero-order valence-electron chi connectivity index (χ0n) is 11.6. The number of nitrogens with one attached hydrogen (secondary N) is 1. The van der Waals surface area contributed by atoms with Crippen molar-refractivity contribution in [2.24, 2.45) is 5.92 Å². The molecule has 0 aromatic heterocycles. The van der Waals surface area contributed by atoms with Crippen molar-refractivity contribution in [1.29, 1.82) is 0 Å². The maximum absolute atomic E-state index is 12.4. The summed E-state index contributed by atoms with van der Waals surface area (Å²) in [6.45, 7) is 0.905. The molecule has 106 valence electrons. The molecule has 1 saturated heterocycles. The second-order valence-corrected chi connectivity index (χ2v) is 6.36. The molecule has 1 unspecified atom stereocenters. The van der Waals surface area contributed by atoms with Crippen molar-refractivity contribution in [3.05, 3.63) is 0 Å². The smallest absolute Gasteiger partial charge is 0.247 e. The van der Waals surface area contributed by atoms with Crippen LogP contribution in [0, 0.1) is 5.92 Å². The van der Waals surface area contributed by atoms with Crippen LogP contribution < -0.4 is 5.32 Å². The predicted octanol–water partition coefficient (Wildman–Crippen LogP) is 1.84. The van der Waals surface area contributed by atoms with Crippen LogP contribution in [0.5, 0.6) is 0 Å². The molecule has 0 aromatic rings. The number of amides is 2. The first-order valence-corrected chi connectivity index (χ1v) is 7.85. The van der Waals surface area contributed by atoms with E-state index in [0.29, 0.717) is 6.42 Å². The van der Waals surface area contributed by atoms with Crippen molar-refractivity contribution in [1.82, 2.24) is 10.2 Å². The lowest BCUT2D eigenvalue weighted by Gasteiger charge is -2.25. The highest BCUT2D eigenvalue weighted by atomic mass is 16.2. The van der Waals surface area contributed by atoms with Crippen LogP contribution in [0.25, 0.3) is 0 Å². The quantitative estimate of drug-likeness (QED) is 0.622. The second-order valence-electron chi connectivity index (χ2n) is 6.36. The minimum atomic E-state index is -0.239. The van der Waals surface area contributed by atoms with Crippen LogP contribution in [0.3, 0.4) is 0 Å². The van der Waals surface area contributed by atoms with Crippen LogP contribution in [-0.4, -0.2) is 35.3 Å². The Balaban J connectivity index is 1.60. The summed E-state index contributed by atoms with van der Waals surface area (Å²) in [4.78, 5) is 26.1. The normalized spacial score (nSPS) is 29.9. The molecule has 2 saturated carbocycles. The lowest BCUT2D eigenvalue weighted by Crippen LogP contribution is -2.44. The molecular weight excluding hydrogens is 240 g/mol. The van der Waals surface area contributed by atoms with Crippen LogP contribution in [0.1, 0.15) is 57.8 Å². The Morgan fingerprint density at radius 1 is 1.00 bits per heavy atom. The molecule has 1 atom stereocenters. The summed E-state index contributed by atoms with van der Waals surface area (Å²) in [6.07, 6.45) is 9.74. The molecule has 0 bridgehead atoms. The average Bonchev–Trinajstić information content (AvgIpc) is 3.19. The number of nitrogens with zero attached hydrogens (tertiary/aromatic N) is 1. The lowest BCUT2D eigenvalue weighted by atomic mass is 10.1. The van der Waals surface area contributed by atoms with E-state index < -0.39 is 0 Å². The first-order chi connectivity index (χ1) is 9.25. The summed E-state index contributed by atoms with van der Waals surface area (Å²) in [5.74, 6) is 0.831. The zero-order chi connectivity index (χ0) is 13.2. The van der Waals surface area contributed by atoms with Gasteiger partial charge in [0.2, 0.25) is 11.8 Å². The van der Waals surface area contributed by atoms with Crippen LogP contribution in [0.4, 0.5) is 0 Å². The highest BCUT2D eigenvalue weighted by molar-refractivity contribution is 6.05. The van der Waals surface area contributed by atoms with Gasteiger partial charge in [-0.05, 0) is 38.1 Å². The largest absolute Gasteiger partial charge is 0.305 e. The number of hydrogen-bond acceptors (Lipinski definition) is 3. The van der Waals surface area contributed by atoms with E-state index in [1.807, 2.05) is 0 Å². The van der Waals surface area contributed by atoms with Gasteiger partial charge in [0.1, 0.15) is 0 Å². The number of rotatable bonds is 4. The van der Waals surface area contributed by atoms with Gasteiger partial charge in [-0.2, -0.15) is 0 Å². The fourth-order valence-corrected chi connectivity index (χ4v) is 3.34. The molecule has 4 nitrogen and oxygen atoms in total. The summed E-state index contributed by atoms with van der Waals surface area (Å²) in [5, 5.41) is 3.30. The standard InChI is InChI=1S/C15H24N2O2/c18-14-9-13(16-10-11-7-8-11)15(19)17(14)12-5-3-1-2-4-6-12/h11-13,16H,1-10H2. The van der Waals surface area contributed by atoms with Gasteiger partial charge in [-0.15, -0.1) is 0 Å². The van der Waals surface area contributed by atoms with Crippen LogP contribution in [0.15, 0.2) is 0 Å². The molecule has 19 heavy (non-hydrogen) atoms. The Labute approximate surface area is 114 Å². The predicted molar refractivity (Wildman–Crippen MR) is 72.5 cm³/mol. The third kappa shape index (κ3) is 2.99. The summed E-state index contributed by atoms with van der Waals surface area (Å²) in [6, 6.07) is -0.0634. The molecule has 3 rings (SSSR count). The molecule has 3 fully saturated rings. The maximum Gasteiger partial charge on any atom is 0.247 e. The van der Waals surface area contributed by atoms with E-state index in [9.17, 15) is 9.59 Å². The Morgan fingerprint density at radius 2 is 1.68 bits per heavy atom. The van der Waals surface area contributed by atoms with Gasteiger partial charge >= 0.3 is 0 Å². The van der Waals surface area contributed by atoms with E-state index in [4.69, 9.17) is 0 Å². The van der Waals surface area contributed by atoms with Gasteiger partial charge in [-0.25, -0.2) is 0 Å². The molecule has 1 heterocycles. The van der Waals surface area contributed by atoms with E-state index in [1.165, 1.54) is 25.7 Å². The van der Waals surface area contributed by atoms with Gasteiger partial charge in [0, 0.05) is 6.04 Å². The number of imide groups is 1. The Morgan fingerprint density at radius 3 is 2.32 bits per heavy atom. The van der Waals surface area contributed by atoms with E-state index >= 15 is 0 Å². The Kier molecular flexibility index (Phi) is 3.87. The summed E-state index contributed by atoms with van der Waals surface area (Å²) >= 11 is 0. The number of likely N-dealkylation sites (tertiary alicyclic amines) is 1. The highest BCUT2D eigenvalue weighted by Crippen LogP contribution is 2.29. The fourth-order valence-electron chi connectivity index (χ4n) is 3.34. The van der Waals surface area contributed by atoms with Gasteiger partial charge in [-0.1, -0.05) is 25.7 Å². The lowest BCUT2D eigenvalue weighted by molar-refractivity contribution is -0.141. The SMILES string of the molecule is O=C1CC(NCC2CC2)C(=O)N1C1CCCCCC1. The molecule has 3 aliphatic rings. The summed E-state index contributed by atoms with van der Waals surface area (Å²) < 4.78 is 0. The van der Waals surface area contributed by atoms with Gasteiger partial charge < -0.3 is 5.32 Å². The zero-order valence-corrected chi connectivity index (χ0v) is 11.6. The van der Waals surface area contributed by atoms with Crippen LogP contribution >= 0.6 is 0 Å². The van der Waals surface area contributed by atoms with Crippen LogP contribution in [0.2, 0.25) is 0 Å². The molecule has 0 spiro atoms.